The standard InChI is InChI=1S/C13H13N3O2/c1-15-7-5-10(8-12(15)17)13(18)16(2)11-4-3-6-14-9-11/h3-9H,1-2H3. The number of anilines is 1. The van der Waals surface area contributed by atoms with Crippen molar-refractivity contribution in [1.82, 2.24) is 9.55 Å². The molecule has 0 aliphatic carbocycles. The lowest BCUT2D eigenvalue weighted by Gasteiger charge is -2.16. The molecule has 0 saturated carbocycles. The molecule has 0 saturated heterocycles. The van der Waals surface area contributed by atoms with Crippen LogP contribution in [0, 0.1) is 0 Å². The van der Waals surface area contributed by atoms with Crippen molar-refractivity contribution < 1.29 is 4.79 Å². The summed E-state index contributed by atoms with van der Waals surface area (Å²) in [5, 5.41) is 0. The van der Waals surface area contributed by atoms with Gasteiger partial charge in [0.2, 0.25) is 0 Å². The van der Waals surface area contributed by atoms with E-state index in [1.54, 1.807) is 50.9 Å². The van der Waals surface area contributed by atoms with E-state index >= 15 is 0 Å². The minimum absolute atomic E-state index is 0.208. The quantitative estimate of drug-likeness (QED) is 0.792. The normalized spacial score (nSPS) is 10.1. The first-order chi connectivity index (χ1) is 8.59. The van der Waals surface area contributed by atoms with Crippen LogP contribution in [0.5, 0.6) is 0 Å². The van der Waals surface area contributed by atoms with Gasteiger partial charge >= 0.3 is 0 Å². The molecule has 0 unspecified atom stereocenters. The molecule has 2 aromatic heterocycles. The fourth-order valence-corrected chi connectivity index (χ4v) is 1.54. The smallest absolute Gasteiger partial charge is 0.258 e. The molecule has 0 bridgehead atoms. The highest BCUT2D eigenvalue weighted by molar-refractivity contribution is 6.05. The largest absolute Gasteiger partial charge is 0.319 e. The predicted molar refractivity (Wildman–Crippen MR) is 68.7 cm³/mol. The predicted octanol–water partition coefficient (Wildman–Crippen LogP) is 1.06. The molecule has 0 radical (unpaired) electrons. The molecule has 2 aromatic rings. The second kappa shape index (κ2) is 4.83. The van der Waals surface area contributed by atoms with Crippen LogP contribution >= 0.6 is 0 Å². The van der Waals surface area contributed by atoms with Crippen LogP contribution in [0.2, 0.25) is 0 Å². The molecule has 0 N–H and O–H groups in total. The van der Waals surface area contributed by atoms with Gasteiger partial charge in [0, 0.05) is 38.1 Å². The van der Waals surface area contributed by atoms with Crippen LogP contribution < -0.4 is 10.5 Å². The van der Waals surface area contributed by atoms with Crippen molar-refractivity contribution in [3.63, 3.8) is 0 Å². The lowest BCUT2D eigenvalue weighted by molar-refractivity contribution is 0.0992. The lowest BCUT2D eigenvalue weighted by atomic mass is 10.2. The molecule has 0 atom stereocenters. The summed E-state index contributed by atoms with van der Waals surface area (Å²) < 4.78 is 1.42. The highest BCUT2D eigenvalue weighted by Crippen LogP contribution is 2.12. The molecule has 5 heteroatoms. The van der Waals surface area contributed by atoms with Gasteiger partial charge in [0.15, 0.2) is 0 Å². The molecule has 0 fully saturated rings. The Morgan fingerprint density at radius 2 is 2.17 bits per heavy atom. The highest BCUT2D eigenvalue weighted by atomic mass is 16.2. The highest BCUT2D eigenvalue weighted by Gasteiger charge is 2.13. The maximum atomic E-state index is 12.2. The first-order valence-electron chi connectivity index (χ1n) is 5.44. The van der Waals surface area contributed by atoms with Crippen molar-refractivity contribution in [3.05, 3.63) is 58.8 Å². The van der Waals surface area contributed by atoms with Crippen molar-refractivity contribution in [3.8, 4) is 0 Å². The number of carbonyl (C=O) groups excluding carboxylic acids is 1. The molecular formula is C13H13N3O2. The van der Waals surface area contributed by atoms with E-state index < -0.39 is 0 Å². The SMILES string of the molecule is CN(C(=O)c1ccn(C)c(=O)c1)c1cccnc1. The van der Waals surface area contributed by atoms with Crippen LogP contribution in [0.1, 0.15) is 10.4 Å². The van der Waals surface area contributed by atoms with E-state index in [0.717, 1.165) is 0 Å². The zero-order valence-electron chi connectivity index (χ0n) is 10.2. The van der Waals surface area contributed by atoms with E-state index in [1.807, 2.05) is 0 Å². The molecule has 5 nitrogen and oxygen atoms in total. The van der Waals surface area contributed by atoms with E-state index in [0.29, 0.717) is 11.3 Å². The Morgan fingerprint density at radius 1 is 1.39 bits per heavy atom. The Balaban J connectivity index is 2.31. The maximum Gasteiger partial charge on any atom is 0.258 e. The molecule has 0 aliphatic heterocycles. The molecule has 18 heavy (non-hydrogen) atoms. The Kier molecular flexibility index (Phi) is 3.23. The topological polar surface area (TPSA) is 55.2 Å². The Hall–Kier alpha value is -2.43. The van der Waals surface area contributed by atoms with E-state index in [-0.39, 0.29) is 11.5 Å². The van der Waals surface area contributed by atoms with Crippen LogP contribution in [-0.2, 0) is 7.05 Å². The zero-order chi connectivity index (χ0) is 13.1. The van der Waals surface area contributed by atoms with Crippen molar-refractivity contribution in [2.45, 2.75) is 0 Å². The number of amides is 1. The number of hydrogen-bond acceptors (Lipinski definition) is 3. The average Bonchev–Trinajstić information content (AvgIpc) is 2.41. The maximum absolute atomic E-state index is 12.2. The van der Waals surface area contributed by atoms with Gasteiger partial charge < -0.3 is 9.47 Å². The van der Waals surface area contributed by atoms with Crippen LogP contribution in [0.3, 0.4) is 0 Å². The van der Waals surface area contributed by atoms with Crippen molar-refractivity contribution in [2.24, 2.45) is 7.05 Å². The summed E-state index contributed by atoms with van der Waals surface area (Å²) in [6.07, 6.45) is 4.81. The fourth-order valence-electron chi connectivity index (χ4n) is 1.54. The van der Waals surface area contributed by atoms with Gasteiger partial charge in [-0.15, -0.1) is 0 Å². The number of pyridine rings is 2. The van der Waals surface area contributed by atoms with Gasteiger partial charge in [-0.1, -0.05) is 0 Å². The van der Waals surface area contributed by atoms with Crippen molar-refractivity contribution >= 4 is 11.6 Å². The van der Waals surface area contributed by atoms with E-state index in [4.69, 9.17) is 0 Å². The minimum Gasteiger partial charge on any atom is -0.319 e. The van der Waals surface area contributed by atoms with Crippen LogP contribution in [-0.4, -0.2) is 22.5 Å². The number of rotatable bonds is 2. The van der Waals surface area contributed by atoms with E-state index in [2.05, 4.69) is 4.98 Å². The number of aromatic nitrogens is 2. The summed E-state index contributed by atoms with van der Waals surface area (Å²) in [5.41, 5.74) is 0.841. The van der Waals surface area contributed by atoms with Crippen molar-refractivity contribution in [1.29, 1.82) is 0 Å². The molecular weight excluding hydrogens is 230 g/mol. The van der Waals surface area contributed by atoms with E-state index in [9.17, 15) is 9.59 Å². The van der Waals surface area contributed by atoms with Crippen molar-refractivity contribution in [2.75, 3.05) is 11.9 Å². The number of aryl methyl sites for hydroxylation is 1. The average molecular weight is 243 g/mol. The summed E-state index contributed by atoms with van der Waals surface area (Å²) in [6.45, 7) is 0. The molecule has 2 heterocycles. The van der Waals surface area contributed by atoms with Gasteiger partial charge in [-0.3, -0.25) is 14.6 Å². The van der Waals surface area contributed by atoms with Crippen LogP contribution in [0.25, 0.3) is 0 Å². The van der Waals surface area contributed by atoms with Gasteiger partial charge in [-0.2, -0.15) is 0 Å². The molecule has 0 aliphatic rings. The first kappa shape index (κ1) is 12.0. The molecule has 1 amide bonds. The summed E-state index contributed by atoms with van der Waals surface area (Å²) in [5.74, 6) is -0.235. The summed E-state index contributed by atoms with van der Waals surface area (Å²) in [6, 6.07) is 6.49. The molecule has 92 valence electrons. The summed E-state index contributed by atoms with van der Waals surface area (Å²) in [7, 11) is 3.29. The number of nitrogens with zero attached hydrogens (tertiary/aromatic N) is 3. The van der Waals surface area contributed by atoms with Gasteiger partial charge in [-0.05, 0) is 18.2 Å². The minimum atomic E-state index is -0.235. The third-order valence-corrected chi connectivity index (χ3v) is 2.69. The molecule has 0 aromatic carbocycles. The fraction of sp³-hybridized carbons (Fsp3) is 0.154. The Labute approximate surface area is 104 Å². The van der Waals surface area contributed by atoms with Gasteiger partial charge in [0.05, 0.1) is 11.9 Å². The lowest BCUT2D eigenvalue weighted by Crippen LogP contribution is -2.28. The Bertz CT molecular complexity index is 620. The monoisotopic (exact) mass is 243 g/mol. The second-order valence-corrected chi connectivity index (χ2v) is 3.94. The number of hydrogen-bond donors (Lipinski definition) is 0. The Morgan fingerprint density at radius 3 is 2.78 bits per heavy atom. The van der Waals surface area contributed by atoms with Gasteiger partial charge in [0.1, 0.15) is 0 Å². The number of carbonyl (C=O) groups is 1. The second-order valence-electron chi connectivity index (χ2n) is 3.94. The van der Waals surface area contributed by atoms with Crippen LogP contribution in [0.4, 0.5) is 5.69 Å². The van der Waals surface area contributed by atoms with E-state index in [1.165, 1.54) is 15.5 Å². The third-order valence-electron chi connectivity index (χ3n) is 2.69. The molecule has 2 rings (SSSR count). The van der Waals surface area contributed by atoms with Crippen LogP contribution in [0.15, 0.2) is 47.7 Å². The summed E-state index contributed by atoms with van der Waals surface area (Å²) in [4.78, 5) is 29.1. The summed E-state index contributed by atoms with van der Waals surface area (Å²) >= 11 is 0. The van der Waals surface area contributed by atoms with Gasteiger partial charge in [0.25, 0.3) is 11.5 Å². The zero-order valence-corrected chi connectivity index (χ0v) is 10.2. The molecule has 0 spiro atoms. The van der Waals surface area contributed by atoms with Gasteiger partial charge in [-0.25, -0.2) is 0 Å². The third kappa shape index (κ3) is 2.29. The first-order valence-corrected chi connectivity index (χ1v) is 5.44.